The van der Waals surface area contributed by atoms with Crippen molar-refractivity contribution in [2.45, 2.75) is 39.5 Å². The zero-order valence-corrected chi connectivity index (χ0v) is 9.31. The largest absolute Gasteiger partial charge is 0.356 e. The molecule has 2 heteroatoms. The minimum atomic E-state index is 0.133. The highest BCUT2D eigenvalue weighted by atomic mass is 16.1. The maximum absolute atomic E-state index is 11.2. The first-order chi connectivity index (χ1) is 6.70. The summed E-state index contributed by atoms with van der Waals surface area (Å²) in [6.07, 6.45) is 7.30. The van der Waals surface area contributed by atoms with Gasteiger partial charge in [-0.15, -0.1) is 0 Å². The molecule has 14 heavy (non-hydrogen) atoms. The number of amides is 1. The number of carbonyl (C=O) groups is 1. The van der Waals surface area contributed by atoms with Crippen LogP contribution in [0.4, 0.5) is 0 Å². The lowest BCUT2D eigenvalue weighted by molar-refractivity contribution is -0.121. The first kappa shape index (κ1) is 12.9. The second-order valence-electron chi connectivity index (χ2n) is 3.37. The number of rotatable bonds is 7. The topological polar surface area (TPSA) is 29.1 Å². The van der Waals surface area contributed by atoms with E-state index in [4.69, 9.17) is 0 Å². The molecule has 0 saturated heterocycles. The molecule has 0 fully saturated rings. The molecule has 1 amide bonds. The summed E-state index contributed by atoms with van der Waals surface area (Å²) in [6.45, 7) is 8.73. The van der Waals surface area contributed by atoms with Gasteiger partial charge in [0.05, 0.1) is 0 Å². The second kappa shape index (κ2) is 8.54. The minimum Gasteiger partial charge on any atom is -0.356 e. The third kappa shape index (κ3) is 7.59. The SMILES string of the molecule is C=C(C/C=C/C)CCC(=O)NCCC. The number of nitrogens with one attached hydrogen (secondary N) is 1. The number of hydrogen-bond donors (Lipinski definition) is 1. The molecule has 0 aliphatic carbocycles. The molecule has 0 aliphatic rings. The van der Waals surface area contributed by atoms with Gasteiger partial charge >= 0.3 is 0 Å². The van der Waals surface area contributed by atoms with E-state index >= 15 is 0 Å². The van der Waals surface area contributed by atoms with Crippen molar-refractivity contribution in [2.24, 2.45) is 0 Å². The van der Waals surface area contributed by atoms with Gasteiger partial charge in [0.2, 0.25) is 5.91 Å². The van der Waals surface area contributed by atoms with E-state index in [1.165, 1.54) is 0 Å². The Bertz CT molecular complexity index is 206. The van der Waals surface area contributed by atoms with Crippen molar-refractivity contribution in [3.8, 4) is 0 Å². The lowest BCUT2D eigenvalue weighted by Crippen LogP contribution is -2.23. The van der Waals surface area contributed by atoms with Crippen LogP contribution in [0.1, 0.15) is 39.5 Å². The van der Waals surface area contributed by atoms with Crippen molar-refractivity contribution in [1.82, 2.24) is 5.32 Å². The average molecular weight is 195 g/mol. The van der Waals surface area contributed by atoms with Crippen molar-refractivity contribution in [3.05, 3.63) is 24.3 Å². The summed E-state index contributed by atoms with van der Waals surface area (Å²) >= 11 is 0. The van der Waals surface area contributed by atoms with E-state index in [1.54, 1.807) is 0 Å². The molecule has 0 aromatic rings. The highest BCUT2D eigenvalue weighted by Crippen LogP contribution is 2.07. The normalized spacial score (nSPS) is 10.4. The fourth-order valence-electron chi connectivity index (χ4n) is 1.03. The molecule has 0 aromatic heterocycles. The summed E-state index contributed by atoms with van der Waals surface area (Å²) in [5, 5.41) is 2.85. The molecule has 2 nitrogen and oxygen atoms in total. The molecule has 0 atom stereocenters. The Morgan fingerprint density at radius 1 is 1.43 bits per heavy atom. The first-order valence-electron chi connectivity index (χ1n) is 5.25. The van der Waals surface area contributed by atoms with Gasteiger partial charge in [0.15, 0.2) is 0 Å². The zero-order chi connectivity index (χ0) is 10.8. The second-order valence-corrected chi connectivity index (χ2v) is 3.37. The van der Waals surface area contributed by atoms with E-state index in [0.29, 0.717) is 6.42 Å². The van der Waals surface area contributed by atoms with Crippen LogP contribution in [0.25, 0.3) is 0 Å². The Morgan fingerprint density at radius 2 is 2.14 bits per heavy atom. The van der Waals surface area contributed by atoms with Crippen molar-refractivity contribution >= 4 is 5.91 Å². The van der Waals surface area contributed by atoms with Gasteiger partial charge in [-0.05, 0) is 26.2 Å². The maximum atomic E-state index is 11.2. The van der Waals surface area contributed by atoms with Crippen molar-refractivity contribution < 1.29 is 4.79 Å². The van der Waals surface area contributed by atoms with E-state index in [9.17, 15) is 4.79 Å². The van der Waals surface area contributed by atoms with Gasteiger partial charge < -0.3 is 5.32 Å². The summed E-state index contributed by atoms with van der Waals surface area (Å²) in [5.41, 5.74) is 1.12. The van der Waals surface area contributed by atoms with Gasteiger partial charge in [0, 0.05) is 13.0 Å². The highest BCUT2D eigenvalue weighted by Gasteiger charge is 2.00. The van der Waals surface area contributed by atoms with Gasteiger partial charge in [-0.1, -0.05) is 31.2 Å². The number of carbonyl (C=O) groups excluding carboxylic acids is 1. The molecular formula is C12H21NO. The quantitative estimate of drug-likeness (QED) is 0.622. The molecule has 0 spiro atoms. The Balaban J connectivity index is 3.50. The van der Waals surface area contributed by atoms with Crippen LogP contribution in [-0.4, -0.2) is 12.5 Å². The Kier molecular flexibility index (Phi) is 7.90. The molecule has 80 valence electrons. The molecule has 0 saturated carbocycles. The van der Waals surface area contributed by atoms with Crippen LogP contribution in [0.5, 0.6) is 0 Å². The molecule has 0 heterocycles. The van der Waals surface area contributed by atoms with E-state index in [0.717, 1.165) is 31.4 Å². The van der Waals surface area contributed by atoms with Crippen LogP contribution in [0.2, 0.25) is 0 Å². The smallest absolute Gasteiger partial charge is 0.220 e. The monoisotopic (exact) mass is 195 g/mol. The van der Waals surface area contributed by atoms with Crippen LogP contribution < -0.4 is 5.32 Å². The van der Waals surface area contributed by atoms with Gasteiger partial charge in [-0.25, -0.2) is 0 Å². The molecular weight excluding hydrogens is 174 g/mol. The van der Waals surface area contributed by atoms with Crippen molar-refractivity contribution in [2.75, 3.05) is 6.54 Å². The lowest BCUT2D eigenvalue weighted by atomic mass is 10.1. The molecule has 0 unspecified atom stereocenters. The van der Waals surface area contributed by atoms with Gasteiger partial charge in [-0.2, -0.15) is 0 Å². The lowest BCUT2D eigenvalue weighted by Gasteiger charge is -2.04. The fraction of sp³-hybridized carbons (Fsp3) is 0.583. The van der Waals surface area contributed by atoms with Crippen LogP contribution in [-0.2, 0) is 4.79 Å². The third-order valence-corrected chi connectivity index (χ3v) is 1.92. The summed E-state index contributed by atoms with van der Waals surface area (Å²) in [5.74, 6) is 0.133. The standard InChI is InChI=1S/C12H21NO/c1-4-6-7-11(3)8-9-12(14)13-10-5-2/h4,6H,3,5,7-10H2,1-2H3,(H,13,14)/b6-4+. The molecule has 0 rings (SSSR count). The summed E-state index contributed by atoms with van der Waals surface area (Å²) in [7, 11) is 0. The van der Waals surface area contributed by atoms with Crippen LogP contribution in [0.3, 0.4) is 0 Å². The van der Waals surface area contributed by atoms with Crippen molar-refractivity contribution in [3.63, 3.8) is 0 Å². The molecule has 1 N–H and O–H groups in total. The zero-order valence-electron chi connectivity index (χ0n) is 9.31. The third-order valence-electron chi connectivity index (χ3n) is 1.92. The Morgan fingerprint density at radius 3 is 2.71 bits per heavy atom. The van der Waals surface area contributed by atoms with E-state index in [1.807, 2.05) is 19.9 Å². The summed E-state index contributed by atoms with van der Waals surface area (Å²) in [6, 6.07) is 0. The van der Waals surface area contributed by atoms with Gasteiger partial charge in [0.1, 0.15) is 0 Å². The average Bonchev–Trinajstić information content (AvgIpc) is 2.20. The first-order valence-corrected chi connectivity index (χ1v) is 5.25. The molecule has 0 bridgehead atoms. The van der Waals surface area contributed by atoms with E-state index in [-0.39, 0.29) is 5.91 Å². The molecule has 0 radical (unpaired) electrons. The Hall–Kier alpha value is -1.05. The summed E-state index contributed by atoms with van der Waals surface area (Å²) < 4.78 is 0. The maximum Gasteiger partial charge on any atom is 0.220 e. The Labute approximate surface area is 87.1 Å². The van der Waals surface area contributed by atoms with E-state index in [2.05, 4.69) is 18.0 Å². The summed E-state index contributed by atoms with van der Waals surface area (Å²) in [4.78, 5) is 11.2. The number of hydrogen-bond acceptors (Lipinski definition) is 1. The predicted molar refractivity (Wildman–Crippen MR) is 61.1 cm³/mol. The van der Waals surface area contributed by atoms with Crippen LogP contribution >= 0.6 is 0 Å². The van der Waals surface area contributed by atoms with Gasteiger partial charge in [-0.3, -0.25) is 4.79 Å². The molecule has 0 aromatic carbocycles. The highest BCUT2D eigenvalue weighted by molar-refractivity contribution is 5.76. The fourth-order valence-corrected chi connectivity index (χ4v) is 1.03. The van der Waals surface area contributed by atoms with Gasteiger partial charge in [0.25, 0.3) is 0 Å². The minimum absolute atomic E-state index is 0.133. The van der Waals surface area contributed by atoms with Crippen molar-refractivity contribution in [1.29, 1.82) is 0 Å². The van der Waals surface area contributed by atoms with Crippen LogP contribution in [0, 0.1) is 0 Å². The number of allylic oxidation sites excluding steroid dienone is 3. The molecule has 0 aliphatic heterocycles. The van der Waals surface area contributed by atoms with E-state index < -0.39 is 0 Å². The van der Waals surface area contributed by atoms with Crippen LogP contribution in [0.15, 0.2) is 24.3 Å². The predicted octanol–water partition coefficient (Wildman–Crippen LogP) is 2.82.